The van der Waals surface area contributed by atoms with Crippen molar-refractivity contribution in [3.63, 3.8) is 0 Å². The molecule has 2 N–H and O–H groups in total. The monoisotopic (exact) mass is 474 g/mol. The third kappa shape index (κ3) is 6.08. The molecule has 1 heterocycles. The molecule has 0 unspecified atom stereocenters. The van der Waals surface area contributed by atoms with E-state index in [1.165, 1.54) is 12.1 Å². The van der Waals surface area contributed by atoms with Gasteiger partial charge in [-0.05, 0) is 66.9 Å². The minimum Gasteiger partial charge on any atom is -0.399 e. The molecule has 1 atom stereocenters. The Balaban J connectivity index is 1.52. The quantitative estimate of drug-likeness (QED) is 0.477. The zero-order valence-corrected chi connectivity index (χ0v) is 20.7. The third-order valence-electron chi connectivity index (χ3n) is 6.84. The van der Waals surface area contributed by atoms with E-state index in [2.05, 4.69) is 28.0 Å². The Morgan fingerprint density at radius 2 is 1.57 bits per heavy atom. The number of nitrogens with zero attached hydrogens (tertiary/aromatic N) is 3. The highest BCUT2D eigenvalue weighted by atomic mass is 19.1. The lowest BCUT2D eigenvalue weighted by Gasteiger charge is -2.40. The first kappa shape index (κ1) is 24.9. The van der Waals surface area contributed by atoms with Crippen molar-refractivity contribution in [3.05, 3.63) is 101 Å². The van der Waals surface area contributed by atoms with E-state index in [4.69, 9.17) is 5.73 Å². The maximum Gasteiger partial charge on any atom is 0.253 e. The van der Waals surface area contributed by atoms with Crippen LogP contribution < -0.4 is 5.73 Å². The third-order valence-corrected chi connectivity index (χ3v) is 6.84. The largest absolute Gasteiger partial charge is 0.399 e. The smallest absolute Gasteiger partial charge is 0.253 e. The second-order valence-electron chi connectivity index (χ2n) is 9.11. The lowest BCUT2D eigenvalue weighted by atomic mass is 9.95. The number of carbonyl (C=O) groups excluding carboxylic acids is 1. The number of nitrogens with two attached hydrogens (primary N) is 1. The Kier molecular flexibility index (Phi) is 8.16. The second kappa shape index (κ2) is 11.5. The Hall–Kier alpha value is -3.22. The normalized spacial score (nSPS) is 15.6. The molecule has 184 valence electrons. The molecular formula is C29H35FN4O. The minimum absolute atomic E-state index is 0.0593. The van der Waals surface area contributed by atoms with Gasteiger partial charge in [-0.15, -0.1) is 0 Å². The molecule has 0 aromatic heterocycles. The molecule has 0 saturated carbocycles. The van der Waals surface area contributed by atoms with Crippen LogP contribution in [0.2, 0.25) is 0 Å². The topological polar surface area (TPSA) is 52.8 Å². The van der Waals surface area contributed by atoms with Crippen LogP contribution in [-0.2, 0) is 6.54 Å². The maximum absolute atomic E-state index is 13.3. The molecule has 35 heavy (non-hydrogen) atoms. The summed E-state index contributed by atoms with van der Waals surface area (Å²) >= 11 is 0. The number of amides is 1. The van der Waals surface area contributed by atoms with Crippen LogP contribution in [0.5, 0.6) is 0 Å². The molecule has 1 aliphatic rings. The molecule has 3 aromatic rings. The van der Waals surface area contributed by atoms with Gasteiger partial charge in [0.25, 0.3) is 5.91 Å². The maximum atomic E-state index is 13.3. The van der Waals surface area contributed by atoms with Crippen molar-refractivity contribution in [2.75, 3.05) is 45.0 Å². The molecular weight excluding hydrogens is 439 g/mol. The molecule has 0 radical (unpaired) electrons. The van der Waals surface area contributed by atoms with Crippen molar-refractivity contribution in [2.24, 2.45) is 0 Å². The zero-order chi connectivity index (χ0) is 24.8. The van der Waals surface area contributed by atoms with Gasteiger partial charge in [0.15, 0.2) is 0 Å². The van der Waals surface area contributed by atoms with Gasteiger partial charge >= 0.3 is 0 Å². The van der Waals surface area contributed by atoms with Crippen LogP contribution >= 0.6 is 0 Å². The van der Waals surface area contributed by atoms with Gasteiger partial charge in [0.1, 0.15) is 5.82 Å². The number of hydrogen-bond donors (Lipinski definition) is 1. The average molecular weight is 475 g/mol. The first-order valence-corrected chi connectivity index (χ1v) is 12.4. The second-order valence-corrected chi connectivity index (χ2v) is 9.11. The van der Waals surface area contributed by atoms with E-state index < -0.39 is 0 Å². The van der Waals surface area contributed by atoms with Gasteiger partial charge in [0.05, 0.1) is 6.04 Å². The van der Waals surface area contributed by atoms with Crippen molar-refractivity contribution in [2.45, 2.75) is 26.4 Å². The van der Waals surface area contributed by atoms with Gasteiger partial charge in [0, 0.05) is 57.1 Å². The summed E-state index contributed by atoms with van der Waals surface area (Å²) in [4.78, 5) is 19.5. The number of rotatable bonds is 8. The number of nitrogen functional groups attached to an aromatic ring is 1. The van der Waals surface area contributed by atoms with Gasteiger partial charge in [-0.2, -0.15) is 0 Å². The van der Waals surface area contributed by atoms with Crippen molar-refractivity contribution in [1.82, 2.24) is 14.7 Å². The fourth-order valence-electron chi connectivity index (χ4n) is 4.87. The SMILES string of the molecule is CCN(CC)C(=O)c1ccc([C@@H](c2cccc(N)c2)N2CCN(Cc3ccc(F)cc3)CC2)cc1. The summed E-state index contributed by atoms with van der Waals surface area (Å²) in [6, 6.07) is 23.0. The summed E-state index contributed by atoms with van der Waals surface area (Å²) in [6.45, 7) is 9.88. The van der Waals surface area contributed by atoms with Crippen LogP contribution in [0.1, 0.15) is 46.9 Å². The molecule has 4 rings (SSSR count). The van der Waals surface area contributed by atoms with E-state index in [9.17, 15) is 9.18 Å². The minimum atomic E-state index is -0.201. The highest BCUT2D eigenvalue weighted by molar-refractivity contribution is 5.94. The average Bonchev–Trinajstić information content (AvgIpc) is 2.88. The first-order chi connectivity index (χ1) is 17.0. The van der Waals surface area contributed by atoms with E-state index in [1.807, 2.05) is 61.2 Å². The van der Waals surface area contributed by atoms with E-state index in [-0.39, 0.29) is 17.8 Å². The predicted octanol–water partition coefficient (Wildman–Crippen LogP) is 4.80. The number of anilines is 1. The van der Waals surface area contributed by atoms with E-state index in [0.717, 1.165) is 55.1 Å². The Morgan fingerprint density at radius 3 is 2.17 bits per heavy atom. The van der Waals surface area contributed by atoms with Gasteiger partial charge in [-0.3, -0.25) is 14.6 Å². The van der Waals surface area contributed by atoms with E-state index >= 15 is 0 Å². The lowest BCUT2D eigenvalue weighted by Crippen LogP contribution is -2.47. The highest BCUT2D eigenvalue weighted by Gasteiger charge is 2.27. The van der Waals surface area contributed by atoms with Gasteiger partial charge < -0.3 is 10.6 Å². The fraction of sp³-hybridized carbons (Fsp3) is 0.345. The van der Waals surface area contributed by atoms with Gasteiger partial charge in [-0.1, -0.05) is 36.4 Å². The van der Waals surface area contributed by atoms with Crippen LogP contribution in [0, 0.1) is 5.82 Å². The highest BCUT2D eigenvalue weighted by Crippen LogP contribution is 2.31. The van der Waals surface area contributed by atoms with Crippen LogP contribution in [0.3, 0.4) is 0 Å². The Morgan fingerprint density at radius 1 is 0.914 bits per heavy atom. The molecule has 0 spiro atoms. The van der Waals surface area contributed by atoms with Crippen LogP contribution in [0.4, 0.5) is 10.1 Å². The molecule has 5 nitrogen and oxygen atoms in total. The number of benzene rings is 3. The van der Waals surface area contributed by atoms with E-state index in [0.29, 0.717) is 18.7 Å². The molecule has 3 aromatic carbocycles. The number of halogens is 1. The number of hydrogen-bond acceptors (Lipinski definition) is 4. The summed E-state index contributed by atoms with van der Waals surface area (Å²) < 4.78 is 13.3. The standard InChI is InChI=1S/C29H35FN4O/c1-3-33(4-2)29(35)24-12-10-23(11-13-24)28(25-6-5-7-27(31)20-25)34-18-16-32(17-19-34)21-22-8-14-26(30)15-9-22/h5-15,20,28H,3-4,16-19,21,31H2,1-2H3/t28-/m0/s1. The first-order valence-electron chi connectivity index (χ1n) is 12.4. The predicted molar refractivity (Wildman–Crippen MR) is 140 cm³/mol. The van der Waals surface area contributed by atoms with Crippen molar-refractivity contribution in [3.8, 4) is 0 Å². The number of carbonyl (C=O) groups is 1. The number of piperazine rings is 1. The van der Waals surface area contributed by atoms with Crippen molar-refractivity contribution >= 4 is 11.6 Å². The molecule has 0 aliphatic carbocycles. The fourth-order valence-corrected chi connectivity index (χ4v) is 4.87. The molecule has 1 fully saturated rings. The van der Waals surface area contributed by atoms with Gasteiger partial charge in [-0.25, -0.2) is 4.39 Å². The Labute approximate surface area is 208 Å². The van der Waals surface area contributed by atoms with Gasteiger partial charge in [0.2, 0.25) is 0 Å². The van der Waals surface area contributed by atoms with Crippen LogP contribution in [0.25, 0.3) is 0 Å². The zero-order valence-electron chi connectivity index (χ0n) is 20.7. The van der Waals surface area contributed by atoms with Crippen LogP contribution in [0.15, 0.2) is 72.8 Å². The molecule has 1 saturated heterocycles. The van der Waals surface area contributed by atoms with Crippen molar-refractivity contribution in [1.29, 1.82) is 0 Å². The molecule has 1 aliphatic heterocycles. The molecule has 1 amide bonds. The summed E-state index contributed by atoms with van der Waals surface area (Å²) in [5.41, 5.74) is 11.0. The summed E-state index contributed by atoms with van der Waals surface area (Å²) in [7, 11) is 0. The Bertz CT molecular complexity index is 1100. The lowest BCUT2D eigenvalue weighted by molar-refractivity contribution is 0.0773. The summed E-state index contributed by atoms with van der Waals surface area (Å²) in [5, 5.41) is 0. The molecule has 0 bridgehead atoms. The van der Waals surface area contributed by atoms with E-state index in [1.54, 1.807) is 0 Å². The molecule has 6 heteroatoms. The van der Waals surface area contributed by atoms with Crippen molar-refractivity contribution < 1.29 is 9.18 Å². The summed E-state index contributed by atoms with van der Waals surface area (Å²) in [6.07, 6.45) is 0. The van der Waals surface area contributed by atoms with Crippen LogP contribution in [-0.4, -0.2) is 59.9 Å². The summed E-state index contributed by atoms with van der Waals surface area (Å²) in [5.74, 6) is -0.134.